The molecule has 2 rings (SSSR count). The summed E-state index contributed by atoms with van der Waals surface area (Å²) in [5.41, 5.74) is 6.18. The Kier molecular flexibility index (Phi) is 4.28. The number of hydrogen-bond donors (Lipinski definition) is 2. The van der Waals surface area contributed by atoms with Crippen LogP contribution in [0.15, 0.2) is 0 Å². The van der Waals surface area contributed by atoms with E-state index in [-0.39, 0.29) is 12.0 Å². The topological polar surface area (TPSA) is 63.3 Å². The van der Waals surface area contributed by atoms with Gasteiger partial charge in [-0.3, -0.25) is 4.79 Å². The van der Waals surface area contributed by atoms with Gasteiger partial charge in [-0.05, 0) is 26.2 Å². The first kappa shape index (κ1) is 13.8. The van der Waals surface area contributed by atoms with Gasteiger partial charge in [-0.25, -0.2) is 0 Å². The third kappa shape index (κ3) is 3.23. The van der Waals surface area contributed by atoms with Crippen LogP contribution in [0.3, 0.4) is 0 Å². The quantitative estimate of drug-likeness (QED) is 0.731. The van der Waals surface area contributed by atoms with E-state index < -0.39 is 5.97 Å². The lowest BCUT2D eigenvalue weighted by molar-refractivity contribution is -0.938. The van der Waals surface area contributed by atoms with E-state index in [1.165, 1.54) is 25.8 Å². The van der Waals surface area contributed by atoms with Gasteiger partial charge in [-0.2, -0.15) is 0 Å². The molecule has 1 saturated heterocycles. The molecule has 0 aromatic carbocycles. The second-order valence-electron chi connectivity index (χ2n) is 6.46. The van der Waals surface area contributed by atoms with Crippen molar-refractivity contribution in [2.75, 3.05) is 26.2 Å². The van der Waals surface area contributed by atoms with Crippen LogP contribution in [-0.4, -0.2) is 47.8 Å². The summed E-state index contributed by atoms with van der Waals surface area (Å²) >= 11 is 0. The van der Waals surface area contributed by atoms with Crippen LogP contribution in [0.25, 0.3) is 0 Å². The fraction of sp³-hybridized carbons (Fsp3) is 0.929. The molecule has 4 nitrogen and oxygen atoms in total. The number of hydrogen-bond acceptors (Lipinski definition) is 2. The van der Waals surface area contributed by atoms with Crippen molar-refractivity contribution in [1.82, 2.24) is 0 Å². The van der Waals surface area contributed by atoms with Crippen molar-refractivity contribution in [1.29, 1.82) is 0 Å². The van der Waals surface area contributed by atoms with Crippen molar-refractivity contribution >= 4 is 5.97 Å². The van der Waals surface area contributed by atoms with Gasteiger partial charge in [0.25, 0.3) is 0 Å². The zero-order valence-corrected chi connectivity index (χ0v) is 11.5. The van der Waals surface area contributed by atoms with Gasteiger partial charge < -0.3 is 15.3 Å². The minimum absolute atomic E-state index is 0.183. The van der Waals surface area contributed by atoms with E-state index in [4.69, 9.17) is 10.8 Å². The molecule has 4 heteroatoms. The molecule has 0 aromatic heterocycles. The molecule has 0 radical (unpaired) electrons. The van der Waals surface area contributed by atoms with E-state index in [9.17, 15) is 4.79 Å². The summed E-state index contributed by atoms with van der Waals surface area (Å²) in [4.78, 5) is 10.9. The summed E-state index contributed by atoms with van der Waals surface area (Å²) in [6, 6.07) is 0.183. The zero-order valence-electron chi connectivity index (χ0n) is 11.5. The van der Waals surface area contributed by atoms with Gasteiger partial charge in [0, 0.05) is 11.8 Å². The first-order chi connectivity index (χ1) is 8.53. The van der Waals surface area contributed by atoms with Crippen LogP contribution in [0, 0.1) is 11.8 Å². The molecule has 2 aliphatic rings. The van der Waals surface area contributed by atoms with Crippen molar-refractivity contribution < 1.29 is 14.4 Å². The molecule has 1 aliphatic heterocycles. The molecule has 0 spiro atoms. The highest BCUT2D eigenvalue weighted by molar-refractivity contribution is 5.67. The second kappa shape index (κ2) is 5.57. The van der Waals surface area contributed by atoms with Crippen LogP contribution < -0.4 is 5.73 Å². The predicted octanol–water partition coefficient (Wildman–Crippen LogP) is 1.45. The van der Waals surface area contributed by atoms with E-state index in [1.54, 1.807) is 0 Å². The van der Waals surface area contributed by atoms with Gasteiger partial charge in [0.1, 0.15) is 0 Å². The van der Waals surface area contributed by atoms with Crippen molar-refractivity contribution in [3.05, 3.63) is 0 Å². The lowest BCUT2D eigenvalue weighted by Crippen LogP contribution is -2.62. The Hall–Kier alpha value is -0.610. The zero-order chi connectivity index (χ0) is 13.2. The number of rotatable bonds is 5. The highest BCUT2D eigenvalue weighted by Gasteiger charge is 2.40. The summed E-state index contributed by atoms with van der Waals surface area (Å²) in [5, 5.41) is 8.99. The molecule has 104 valence electrons. The van der Waals surface area contributed by atoms with Crippen LogP contribution in [0.5, 0.6) is 0 Å². The number of nitrogens with two attached hydrogens (primary N) is 1. The Morgan fingerprint density at radius 1 is 1.33 bits per heavy atom. The van der Waals surface area contributed by atoms with E-state index in [1.807, 2.05) is 0 Å². The molecule has 0 amide bonds. The highest BCUT2D eigenvalue weighted by Crippen LogP contribution is 2.33. The number of quaternary nitrogens is 1. The molecular formula is C14H27N2O2+. The molecular weight excluding hydrogens is 228 g/mol. The Labute approximate surface area is 110 Å². The number of likely N-dealkylation sites (N-methyl/N-ethyl adjacent to an activating group) is 1. The van der Waals surface area contributed by atoms with E-state index in [0.29, 0.717) is 6.42 Å². The fourth-order valence-corrected chi connectivity index (χ4v) is 3.85. The van der Waals surface area contributed by atoms with Gasteiger partial charge in [0.15, 0.2) is 0 Å². The van der Waals surface area contributed by atoms with Crippen LogP contribution >= 0.6 is 0 Å². The Morgan fingerprint density at radius 2 is 2.06 bits per heavy atom. The molecule has 3 N–H and O–H groups in total. The number of carbonyl (C=O) groups is 1. The van der Waals surface area contributed by atoms with Crippen molar-refractivity contribution in [2.45, 2.75) is 45.1 Å². The molecule has 3 atom stereocenters. The van der Waals surface area contributed by atoms with Gasteiger partial charge >= 0.3 is 5.97 Å². The Balaban J connectivity index is 2.00. The summed E-state index contributed by atoms with van der Waals surface area (Å²) in [5.74, 6) is 0.457. The maximum atomic E-state index is 10.9. The number of likely N-dealkylation sites (tertiary alicyclic amines) is 1. The first-order valence-corrected chi connectivity index (χ1v) is 7.35. The predicted molar refractivity (Wildman–Crippen MR) is 71.1 cm³/mol. The average molecular weight is 255 g/mol. The van der Waals surface area contributed by atoms with Gasteiger partial charge in [0.05, 0.1) is 38.6 Å². The van der Waals surface area contributed by atoms with Crippen LogP contribution in [0.1, 0.15) is 39.0 Å². The molecule has 0 aromatic rings. The first-order valence-electron chi connectivity index (χ1n) is 7.35. The number of aliphatic carboxylic acids is 1. The minimum atomic E-state index is -0.674. The Morgan fingerprint density at radius 3 is 2.56 bits per heavy atom. The van der Waals surface area contributed by atoms with Gasteiger partial charge in [-0.1, -0.05) is 6.42 Å². The summed E-state index contributed by atoms with van der Waals surface area (Å²) in [6.45, 7) is 6.62. The van der Waals surface area contributed by atoms with Crippen molar-refractivity contribution in [3.63, 3.8) is 0 Å². The molecule has 1 aliphatic carbocycles. The number of carboxylic acid groups (broad SMARTS) is 1. The number of nitrogens with zero attached hydrogens (tertiary/aromatic N) is 1. The van der Waals surface area contributed by atoms with Gasteiger partial charge in [-0.15, -0.1) is 0 Å². The largest absolute Gasteiger partial charge is 0.481 e. The molecule has 18 heavy (non-hydrogen) atoms. The minimum Gasteiger partial charge on any atom is -0.481 e. The maximum absolute atomic E-state index is 10.9. The number of carboxylic acids is 1. The fourth-order valence-electron chi connectivity index (χ4n) is 3.85. The van der Waals surface area contributed by atoms with Crippen molar-refractivity contribution in [3.8, 4) is 0 Å². The van der Waals surface area contributed by atoms with Gasteiger partial charge in [0.2, 0.25) is 0 Å². The van der Waals surface area contributed by atoms with E-state index in [0.717, 1.165) is 36.5 Å². The lowest BCUT2D eigenvalue weighted by atomic mass is 9.82. The average Bonchev–Trinajstić information content (AvgIpc) is 2.22. The summed E-state index contributed by atoms with van der Waals surface area (Å²) in [7, 11) is 0. The maximum Gasteiger partial charge on any atom is 0.303 e. The second-order valence-corrected chi connectivity index (χ2v) is 6.46. The third-order valence-electron chi connectivity index (χ3n) is 4.91. The molecule has 3 unspecified atom stereocenters. The normalized spacial score (nSPS) is 37.2. The van der Waals surface area contributed by atoms with Crippen LogP contribution in [0.4, 0.5) is 0 Å². The highest BCUT2D eigenvalue weighted by atomic mass is 16.4. The lowest BCUT2D eigenvalue weighted by Gasteiger charge is -2.48. The van der Waals surface area contributed by atoms with E-state index >= 15 is 0 Å². The monoisotopic (exact) mass is 255 g/mol. The summed E-state index contributed by atoms with van der Waals surface area (Å²) < 4.78 is 1.06. The molecule has 2 fully saturated rings. The van der Waals surface area contributed by atoms with Crippen molar-refractivity contribution in [2.24, 2.45) is 17.6 Å². The molecule has 0 bridgehead atoms. The third-order valence-corrected chi connectivity index (χ3v) is 4.91. The molecule has 1 heterocycles. The molecule has 1 saturated carbocycles. The standard InChI is InChI=1S/C14H26N2O2/c1-2-16(8-11-4-3-5-11)9-12(7-14(17)18)6-13(15)10-16/h11-13H,2-10,15H2,1H3/p+1. The smallest absolute Gasteiger partial charge is 0.303 e. The SMILES string of the molecule is CC[N+]1(CC2CCC2)CC(N)CC(CC(=O)O)C1. The van der Waals surface area contributed by atoms with Crippen LogP contribution in [-0.2, 0) is 4.79 Å². The number of piperidine rings is 1. The van der Waals surface area contributed by atoms with Crippen LogP contribution in [0.2, 0.25) is 0 Å². The summed E-state index contributed by atoms with van der Waals surface area (Å²) in [6.07, 6.45) is 5.27. The Bertz CT molecular complexity index is 304. The van der Waals surface area contributed by atoms with E-state index in [2.05, 4.69) is 6.92 Å².